The Morgan fingerprint density at radius 3 is 2.22 bits per heavy atom. The van der Waals surface area contributed by atoms with E-state index in [0.717, 1.165) is 22.4 Å². The molecule has 0 aromatic heterocycles. The maximum absolute atomic E-state index is 11.6. The monoisotopic (exact) mass is 310 g/mol. The molecule has 1 N–H and O–H groups in total. The van der Waals surface area contributed by atoms with Crippen molar-refractivity contribution >= 4 is 17.6 Å². The van der Waals surface area contributed by atoms with Crippen LogP contribution in [0.1, 0.15) is 36.1 Å². The number of aliphatic carboxylic acids is 1. The zero-order chi connectivity index (χ0) is 17.0. The number of hydrogen-bond donors (Lipinski definition) is 1. The van der Waals surface area contributed by atoms with Crippen LogP contribution in [0, 0.1) is 13.8 Å². The number of carboxylic acid groups (broad SMARTS) is 1. The maximum atomic E-state index is 11.6. The van der Waals surface area contributed by atoms with Crippen LogP contribution >= 0.6 is 0 Å². The van der Waals surface area contributed by atoms with Gasteiger partial charge in [0.15, 0.2) is 0 Å². The van der Waals surface area contributed by atoms with Crippen molar-refractivity contribution < 1.29 is 14.6 Å². The molecule has 0 aliphatic heterocycles. The molecule has 3 heteroatoms. The molecular weight excluding hydrogens is 288 g/mol. The zero-order valence-electron chi connectivity index (χ0n) is 14.0. The summed E-state index contributed by atoms with van der Waals surface area (Å²) in [5.74, 6) is -0.157. The Bertz CT molecular complexity index is 725. The zero-order valence-corrected chi connectivity index (χ0v) is 14.0. The fourth-order valence-corrected chi connectivity index (χ4v) is 2.26. The third kappa shape index (κ3) is 4.46. The van der Waals surface area contributed by atoms with Crippen molar-refractivity contribution in [3.63, 3.8) is 0 Å². The van der Waals surface area contributed by atoms with Crippen molar-refractivity contribution in [2.24, 2.45) is 0 Å². The molecule has 2 aromatic carbocycles. The maximum Gasteiger partial charge on any atom is 0.336 e. The number of benzene rings is 2. The van der Waals surface area contributed by atoms with E-state index in [1.807, 2.05) is 70.2 Å². The van der Waals surface area contributed by atoms with Gasteiger partial charge in [-0.2, -0.15) is 0 Å². The van der Waals surface area contributed by atoms with Crippen LogP contribution in [0.5, 0.6) is 5.75 Å². The molecule has 2 aromatic rings. The van der Waals surface area contributed by atoms with E-state index < -0.39 is 5.97 Å². The average molecular weight is 310 g/mol. The summed E-state index contributed by atoms with van der Waals surface area (Å²) in [5.41, 5.74) is 4.05. The highest BCUT2D eigenvalue weighted by Crippen LogP contribution is 2.23. The molecule has 0 fully saturated rings. The topological polar surface area (TPSA) is 46.5 Å². The average Bonchev–Trinajstić information content (AvgIpc) is 2.48. The summed E-state index contributed by atoms with van der Waals surface area (Å²) < 4.78 is 5.60. The molecule has 0 spiro atoms. The Morgan fingerprint density at radius 1 is 1.04 bits per heavy atom. The summed E-state index contributed by atoms with van der Waals surface area (Å²) in [6, 6.07) is 13.1. The van der Waals surface area contributed by atoms with Gasteiger partial charge in [0.2, 0.25) is 0 Å². The molecule has 120 valence electrons. The van der Waals surface area contributed by atoms with E-state index in [1.165, 1.54) is 0 Å². The molecule has 0 saturated carbocycles. The normalized spacial score (nSPS) is 11.6. The predicted molar refractivity (Wildman–Crippen MR) is 93.6 cm³/mol. The Hall–Kier alpha value is -2.55. The summed E-state index contributed by atoms with van der Waals surface area (Å²) in [5, 5.41) is 9.53. The Labute approximate surface area is 137 Å². The van der Waals surface area contributed by atoms with Gasteiger partial charge >= 0.3 is 5.97 Å². The minimum absolute atomic E-state index is 0.113. The lowest BCUT2D eigenvalue weighted by Gasteiger charge is -2.10. The van der Waals surface area contributed by atoms with E-state index in [-0.39, 0.29) is 11.7 Å². The molecule has 23 heavy (non-hydrogen) atoms. The molecule has 0 aliphatic rings. The summed E-state index contributed by atoms with van der Waals surface area (Å²) in [4.78, 5) is 11.6. The molecule has 0 bridgehead atoms. The van der Waals surface area contributed by atoms with Crippen LogP contribution in [0.25, 0.3) is 11.6 Å². The van der Waals surface area contributed by atoms with Crippen LogP contribution in [-0.2, 0) is 4.79 Å². The number of carboxylic acids is 1. The second-order valence-electron chi connectivity index (χ2n) is 5.90. The van der Waals surface area contributed by atoms with Crippen LogP contribution in [-0.4, -0.2) is 17.2 Å². The van der Waals surface area contributed by atoms with Crippen molar-refractivity contribution in [2.75, 3.05) is 0 Å². The SMILES string of the molecule is Cc1ccc(/C(=C/c2ccc(OC(C)C)cc2)C(=O)O)cc1C. The van der Waals surface area contributed by atoms with Gasteiger partial charge in [-0.05, 0) is 68.2 Å². The molecule has 2 rings (SSSR count). The molecular formula is C20H22O3. The lowest BCUT2D eigenvalue weighted by atomic mass is 9.99. The van der Waals surface area contributed by atoms with Crippen molar-refractivity contribution in [1.29, 1.82) is 0 Å². The summed E-state index contributed by atoms with van der Waals surface area (Å²) in [6.45, 7) is 7.93. The third-order valence-electron chi connectivity index (χ3n) is 3.61. The molecule has 0 radical (unpaired) electrons. The third-order valence-corrected chi connectivity index (χ3v) is 3.61. The first-order valence-electron chi connectivity index (χ1n) is 7.66. The van der Waals surface area contributed by atoms with Crippen molar-refractivity contribution in [3.8, 4) is 5.75 Å². The van der Waals surface area contributed by atoms with Gasteiger partial charge in [0.05, 0.1) is 11.7 Å². The lowest BCUT2D eigenvalue weighted by molar-refractivity contribution is -0.130. The molecule has 0 saturated heterocycles. The van der Waals surface area contributed by atoms with Gasteiger partial charge in [-0.3, -0.25) is 0 Å². The fourth-order valence-electron chi connectivity index (χ4n) is 2.26. The minimum atomic E-state index is -0.934. The predicted octanol–water partition coefficient (Wildman–Crippen LogP) is 4.72. The number of ether oxygens (including phenoxy) is 1. The number of hydrogen-bond acceptors (Lipinski definition) is 2. The molecule has 0 heterocycles. The first-order chi connectivity index (χ1) is 10.9. The van der Waals surface area contributed by atoms with E-state index >= 15 is 0 Å². The van der Waals surface area contributed by atoms with Crippen LogP contribution in [0.4, 0.5) is 0 Å². The van der Waals surface area contributed by atoms with Gasteiger partial charge in [0.1, 0.15) is 5.75 Å². The first-order valence-corrected chi connectivity index (χ1v) is 7.66. The second-order valence-corrected chi connectivity index (χ2v) is 5.90. The molecule has 0 aliphatic carbocycles. The van der Waals surface area contributed by atoms with Gasteiger partial charge in [0, 0.05) is 0 Å². The van der Waals surface area contributed by atoms with Crippen molar-refractivity contribution in [1.82, 2.24) is 0 Å². The van der Waals surface area contributed by atoms with Crippen LogP contribution in [0.15, 0.2) is 42.5 Å². The number of rotatable bonds is 5. The largest absolute Gasteiger partial charge is 0.491 e. The highest BCUT2D eigenvalue weighted by Gasteiger charge is 2.11. The fraction of sp³-hybridized carbons (Fsp3) is 0.250. The molecule has 0 unspecified atom stereocenters. The lowest BCUT2D eigenvalue weighted by Crippen LogP contribution is -2.05. The van der Waals surface area contributed by atoms with Crippen LogP contribution in [0.3, 0.4) is 0 Å². The summed E-state index contributed by atoms with van der Waals surface area (Å²) in [7, 11) is 0. The molecule has 0 amide bonds. The van der Waals surface area contributed by atoms with Crippen LogP contribution in [0.2, 0.25) is 0 Å². The van der Waals surface area contributed by atoms with Crippen LogP contribution < -0.4 is 4.74 Å². The van der Waals surface area contributed by atoms with Gasteiger partial charge < -0.3 is 9.84 Å². The van der Waals surface area contributed by atoms with Gasteiger partial charge in [-0.1, -0.05) is 30.3 Å². The highest BCUT2D eigenvalue weighted by molar-refractivity contribution is 6.20. The highest BCUT2D eigenvalue weighted by atomic mass is 16.5. The molecule has 3 nitrogen and oxygen atoms in total. The van der Waals surface area contributed by atoms with E-state index in [1.54, 1.807) is 6.08 Å². The first kappa shape index (κ1) is 16.8. The standard InChI is InChI=1S/C20H22O3/c1-13(2)23-18-9-6-16(7-10-18)12-19(20(21)22)17-8-5-14(3)15(4)11-17/h5-13H,1-4H3,(H,21,22)/b19-12-. The summed E-state index contributed by atoms with van der Waals surface area (Å²) in [6.07, 6.45) is 1.80. The Morgan fingerprint density at radius 2 is 1.70 bits per heavy atom. The van der Waals surface area contributed by atoms with E-state index in [2.05, 4.69) is 0 Å². The van der Waals surface area contributed by atoms with Gasteiger partial charge in [-0.15, -0.1) is 0 Å². The van der Waals surface area contributed by atoms with Gasteiger partial charge in [-0.25, -0.2) is 4.79 Å². The minimum Gasteiger partial charge on any atom is -0.491 e. The number of carbonyl (C=O) groups is 1. The Kier molecular flexibility index (Phi) is 5.22. The smallest absolute Gasteiger partial charge is 0.336 e. The summed E-state index contributed by atoms with van der Waals surface area (Å²) >= 11 is 0. The van der Waals surface area contributed by atoms with E-state index in [4.69, 9.17) is 4.74 Å². The quantitative estimate of drug-likeness (QED) is 0.642. The van der Waals surface area contributed by atoms with Crippen molar-refractivity contribution in [3.05, 3.63) is 64.7 Å². The van der Waals surface area contributed by atoms with E-state index in [9.17, 15) is 9.90 Å². The van der Waals surface area contributed by atoms with E-state index in [0.29, 0.717) is 5.56 Å². The van der Waals surface area contributed by atoms with Crippen molar-refractivity contribution in [2.45, 2.75) is 33.8 Å². The molecule has 0 atom stereocenters. The second kappa shape index (κ2) is 7.14. The number of aryl methyl sites for hydroxylation is 2. The van der Waals surface area contributed by atoms with Gasteiger partial charge in [0.25, 0.3) is 0 Å². The Balaban J connectivity index is 2.35.